The third kappa shape index (κ3) is 3.98. The average molecular weight is 514 g/mol. The third-order valence-corrected chi connectivity index (χ3v) is 3.09. The maximum absolute atomic E-state index is 14.0. The van der Waals surface area contributed by atoms with Gasteiger partial charge in [0.15, 0.2) is 17.8 Å². The molecule has 0 fully saturated rings. The molecule has 0 saturated carbocycles. The molecule has 0 spiro atoms. The van der Waals surface area contributed by atoms with Gasteiger partial charge in [-0.25, -0.2) is 13.3 Å². The van der Waals surface area contributed by atoms with Gasteiger partial charge < -0.3 is 0 Å². The van der Waals surface area contributed by atoms with Gasteiger partial charge in [-0.15, -0.1) is 0 Å². The Morgan fingerprint density at radius 2 is 1.74 bits per heavy atom. The number of aryl methyl sites for hydroxylation is 1. The van der Waals surface area contributed by atoms with Gasteiger partial charge in [-0.2, -0.15) is 0 Å². The van der Waals surface area contributed by atoms with Crippen LogP contribution >= 0.6 is 9.42 Å². The van der Waals surface area contributed by atoms with Crippen molar-refractivity contribution in [3.05, 3.63) is 66.8 Å². The molecular formula is C16H11ClF2N3Pt+. The summed E-state index contributed by atoms with van der Waals surface area (Å²) in [5.74, 6) is -1.82. The van der Waals surface area contributed by atoms with Crippen LogP contribution in [0.3, 0.4) is 0 Å². The van der Waals surface area contributed by atoms with E-state index in [-0.39, 0.29) is 11.1 Å². The molecule has 3 heterocycles. The van der Waals surface area contributed by atoms with Crippen LogP contribution in [0.15, 0.2) is 48.8 Å². The van der Waals surface area contributed by atoms with Crippen LogP contribution in [0.2, 0.25) is 0 Å². The van der Waals surface area contributed by atoms with E-state index in [9.17, 15) is 8.78 Å². The van der Waals surface area contributed by atoms with E-state index in [2.05, 4.69) is 25.5 Å². The molecule has 0 aliphatic rings. The second-order valence-electron chi connectivity index (χ2n) is 4.48. The quantitative estimate of drug-likeness (QED) is 0.299. The fourth-order valence-corrected chi connectivity index (χ4v) is 2.06. The van der Waals surface area contributed by atoms with Crippen LogP contribution in [0, 0.1) is 18.0 Å². The molecule has 3 aromatic rings. The molecule has 0 aliphatic heterocycles. The SMILES string of the molecule is C[n+]1ccccc1-c1[c-]c(-c2ccccn2)c(F)nc1F.[Cl][Pt+]. The van der Waals surface area contributed by atoms with Gasteiger partial charge in [0.05, 0.1) is 0 Å². The summed E-state index contributed by atoms with van der Waals surface area (Å²) in [5.41, 5.74) is 1.08. The second-order valence-corrected chi connectivity index (χ2v) is 4.48. The Labute approximate surface area is 147 Å². The predicted octanol–water partition coefficient (Wildman–Crippen LogP) is 3.40. The van der Waals surface area contributed by atoms with Gasteiger partial charge in [0.2, 0.25) is 0 Å². The molecule has 120 valence electrons. The Balaban J connectivity index is 0.000000924. The Kier molecular flexibility index (Phi) is 6.31. The van der Waals surface area contributed by atoms with Crippen LogP contribution in [0.1, 0.15) is 0 Å². The van der Waals surface area contributed by atoms with Crippen molar-refractivity contribution < 1.29 is 32.1 Å². The minimum absolute atomic E-state index is 0.0517. The molecule has 7 heteroatoms. The van der Waals surface area contributed by atoms with Gasteiger partial charge in [-0.3, -0.25) is 9.97 Å². The van der Waals surface area contributed by atoms with Gasteiger partial charge in [-0.05, 0) is 17.7 Å². The van der Waals surface area contributed by atoms with E-state index in [0.717, 1.165) is 0 Å². The first-order chi connectivity index (χ1) is 11.2. The van der Waals surface area contributed by atoms with E-state index < -0.39 is 11.9 Å². The summed E-state index contributed by atoms with van der Waals surface area (Å²) in [5, 5.41) is 0. The van der Waals surface area contributed by atoms with Crippen LogP contribution in [-0.4, -0.2) is 9.97 Å². The zero-order valence-electron chi connectivity index (χ0n) is 11.9. The summed E-state index contributed by atoms with van der Waals surface area (Å²) in [4.78, 5) is 7.41. The topological polar surface area (TPSA) is 29.7 Å². The van der Waals surface area contributed by atoms with Crippen molar-refractivity contribution in [1.29, 1.82) is 0 Å². The number of halogens is 3. The number of nitrogens with zero attached hydrogens (tertiary/aromatic N) is 3. The number of rotatable bonds is 2. The maximum atomic E-state index is 14.0. The fraction of sp³-hybridized carbons (Fsp3) is 0.0625. The van der Waals surface area contributed by atoms with E-state index in [1.54, 1.807) is 66.9 Å². The summed E-state index contributed by atoms with van der Waals surface area (Å²) >= 11 is 1.61. The van der Waals surface area contributed by atoms with Crippen molar-refractivity contribution in [2.24, 2.45) is 7.05 Å². The number of aromatic nitrogens is 3. The second kappa shape index (κ2) is 8.23. The third-order valence-electron chi connectivity index (χ3n) is 3.09. The average Bonchev–Trinajstić information content (AvgIpc) is 2.59. The van der Waals surface area contributed by atoms with E-state index in [0.29, 0.717) is 11.4 Å². The van der Waals surface area contributed by atoms with Crippen molar-refractivity contribution in [2.45, 2.75) is 0 Å². The van der Waals surface area contributed by atoms with Crippen molar-refractivity contribution in [3.63, 3.8) is 0 Å². The zero-order chi connectivity index (χ0) is 16.8. The van der Waals surface area contributed by atoms with E-state index in [4.69, 9.17) is 0 Å². The molecule has 0 aromatic carbocycles. The van der Waals surface area contributed by atoms with Gasteiger partial charge in [0.25, 0.3) is 0 Å². The van der Waals surface area contributed by atoms with E-state index in [1.807, 2.05) is 6.07 Å². The van der Waals surface area contributed by atoms with Crippen LogP contribution in [0.5, 0.6) is 0 Å². The molecule has 0 radical (unpaired) electrons. The Morgan fingerprint density at radius 1 is 1.04 bits per heavy atom. The van der Waals surface area contributed by atoms with Crippen LogP contribution in [0.25, 0.3) is 22.5 Å². The molecule has 0 aliphatic carbocycles. The van der Waals surface area contributed by atoms with E-state index in [1.165, 1.54) is 6.20 Å². The van der Waals surface area contributed by atoms with Crippen LogP contribution < -0.4 is 4.57 Å². The molecular weight excluding hydrogens is 503 g/mol. The van der Waals surface area contributed by atoms with Gasteiger partial charge >= 0.3 is 28.2 Å². The molecule has 3 aromatic heterocycles. The molecule has 23 heavy (non-hydrogen) atoms. The van der Waals surface area contributed by atoms with Crippen molar-refractivity contribution in [3.8, 4) is 22.5 Å². The molecule has 3 nitrogen and oxygen atoms in total. The van der Waals surface area contributed by atoms with Crippen molar-refractivity contribution in [1.82, 2.24) is 9.97 Å². The first-order valence-corrected chi connectivity index (χ1v) is 9.25. The molecule has 0 bridgehead atoms. The summed E-state index contributed by atoms with van der Waals surface area (Å²) < 4.78 is 29.6. The standard InChI is InChI=1S/C16H11F2N3.ClH.Pt/c1-21-9-5-3-7-14(21)12-10-11(15(17)20-16(12)18)13-6-2-4-8-19-13;;/h2-9H,1H3;1H;/q;;+2/p-1. The van der Waals surface area contributed by atoms with Crippen LogP contribution in [-0.2, 0) is 25.8 Å². The number of pyridine rings is 3. The van der Waals surface area contributed by atoms with Gasteiger partial charge in [0, 0.05) is 23.5 Å². The molecule has 0 atom stereocenters. The number of hydrogen-bond donors (Lipinski definition) is 0. The predicted molar refractivity (Wildman–Crippen MR) is 78.7 cm³/mol. The minimum atomic E-state index is -0.923. The Morgan fingerprint density at radius 3 is 2.39 bits per heavy atom. The molecule has 0 amide bonds. The Bertz CT molecular complexity index is 801. The zero-order valence-corrected chi connectivity index (χ0v) is 14.9. The van der Waals surface area contributed by atoms with E-state index >= 15 is 0 Å². The Hall–Kier alpha value is -1.71. The first kappa shape index (κ1) is 17.6. The molecule has 0 saturated heterocycles. The van der Waals surface area contributed by atoms with Crippen LogP contribution in [0.4, 0.5) is 8.78 Å². The summed E-state index contributed by atoms with van der Waals surface area (Å²) in [6.07, 6.45) is 3.31. The molecule has 3 rings (SSSR count). The summed E-state index contributed by atoms with van der Waals surface area (Å²) in [6.45, 7) is 0. The molecule has 0 unspecified atom stereocenters. The normalized spacial score (nSPS) is 10.0. The van der Waals surface area contributed by atoms with Crippen molar-refractivity contribution >= 4 is 9.42 Å². The fourth-order valence-electron chi connectivity index (χ4n) is 2.06. The van der Waals surface area contributed by atoms with Gasteiger partial charge in [0.1, 0.15) is 13.0 Å². The molecule has 0 N–H and O–H groups in total. The monoisotopic (exact) mass is 513 g/mol. The van der Waals surface area contributed by atoms with Crippen molar-refractivity contribution in [2.75, 3.05) is 0 Å². The van der Waals surface area contributed by atoms with Gasteiger partial charge in [-0.1, -0.05) is 24.3 Å². The summed E-state index contributed by atoms with van der Waals surface area (Å²) in [7, 11) is 6.38. The number of hydrogen-bond acceptors (Lipinski definition) is 2. The first-order valence-electron chi connectivity index (χ1n) is 6.43. The summed E-state index contributed by atoms with van der Waals surface area (Å²) in [6, 6.07) is 13.1.